The molecule has 1 aliphatic heterocycles. The van der Waals surface area contributed by atoms with Gasteiger partial charge in [0.05, 0.1) is 25.4 Å². The van der Waals surface area contributed by atoms with Crippen LogP contribution in [0.15, 0.2) is 24.3 Å². The Morgan fingerprint density at radius 2 is 1.03 bits per heavy atom. The van der Waals surface area contributed by atoms with E-state index in [1.807, 2.05) is 0 Å². The van der Waals surface area contributed by atoms with Gasteiger partial charge in [-0.05, 0) is 38.5 Å². The van der Waals surface area contributed by atoms with Gasteiger partial charge in [-0.1, -0.05) is 186 Å². The Kier molecular flexibility index (Phi) is 35.2. The monoisotopic (exact) mass is 828 g/mol. The van der Waals surface area contributed by atoms with Crippen LogP contribution in [0.1, 0.15) is 200 Å². The molecular formula is C47H89NO10. The van der Waals surface area contributed by atoms with Gasteiger partial charge in [0.15, 0.2) is 6.29 Å². The number of aliphatic hydroxyl groups is 7. The van der Waals surface area contributed by atoms with Crippen LogP contribution in [-0.2, 0) is 14.3 Å². The lowest BCUT2D eigenvalue weighted by Gasteiger charge is -2.40. The van der Waals surface area contributed by atoms with Gasteiger partial charge >= 0.3 is 0 Å². The molecule has 1 fully saturated rings. The van der Waals surface area contributed by atoms with Crippen LogP contribution in [0.2, 0.25) is 0 Å². The van der Waals surface area contributed by atoms with E-state index in [1.165, 1.54) is 103 Å². The second kappa shape index (κ2) is 37.4. The molecule has 0 aromatic carbocycles. The molecule has 1 heterocycles. The summed E-state index contributed by atoms with van der Waals surface area (Å²) in [5.74, 6) is -0.709. The molecule has 0 aromatic rings. The van der Waals surface area contributed by atoms with Crippen molar-refractivity contribution < 1.29 is 50.0 Å². The SMILES string of the molecule is CCCCC/C=C\C=C/CCCCCCCC(O)C(=O)NC(COC1OC(CO)C(O)C(O)C1O)C(O)C(O)CCCCCCCCCCCCCCCCCCC. The molecule has 0 spiro atoms. The van der Waals surface area contributed by atoms with Crippen molar-refractivity contribution in [3.63, 3.8) is 0 Å². The predicted octanol–water partition coefficient (Wildman–Crippen LogP) is 7.84. The first-order chi connectivity index (χ1) is 28.2. The predicted molar refractivity (Wildman–Crippen MR) is 233 cm³/mol. The van der Waals surface area contributed by atoms with Crippen LogP contribution in [0.5, 0.6) is 0 Å². The van der Waals surface area contributed by atoms with Crippen LogP contribution >= 0.6 is 0 Å². The third-order valence-electron chi connectivity index (χ3n) is 11.5. The van der Waals surface area contributed by atoms with Crippen LogP contribution in [-0.4, -0.2) is 110 Å². The topological polar surface area (TPSA) is 189 Å². The van der Waals surface area contributed by atoms with Gasteiger partial charge in [-0.25, -0.2) is 0 Å². The molecule has 11 nitrogen and oxygen atoms in total. The smallest absolute Gasteiger partial charge is 0.249 e. The number of amides is 1. The number of aliphatic hydroxyl groups excluding tert-OH is 7. The fourth-order valence-electron chi connectivity index (χ4n) is 7.55. The fraction of sp³-hybridized carbons (Fsp3) is 0.894. The molecule has 0 saturated carbocycles. The molecule has 0 aliphatic carbocycles. The molecule has 1 aliphatic rings. The van der Waals surface area contributed by atoms with Crippen molar-refractivity contribution in [2.24, 2.45) is 0 Å². The summed E-state index contributed by atoms with van der Waals surface area (Å²) in [6, 6.07) is -1.17. The highest BCUT2D eigenvalue weighted by atomic mass is 16.7. The van der Waals surface area contributed by atoms with Gasteiger partial charge in [-0.3, -0.25) is 4.79 Å². The van der Waals surface area contributed by atoms with Crippen LogP contribution in [0.4, 0.5) is 0 Å². The molecule has 1 amide bonds. The first kappa shape index (κ1) is 54.6. The van der Waals surface area contributed by atoms with Gasteiger partial charge in [0, 0.05) is 0 Å². The number of rotatable bonds is 39. The van der Waals surface area contributed by atoms with Crippen molar-refractivity contribution in [3.8, 4) is 0 Å². The fourth-order valence-corrected chi connectivity index (χ4v) is 7.55. The number of unbranched alkanes of at least 4 members (excludes halogenated alkanes) is 24. The zero-order valence-corrected chi connectivity index (χ0v) is 36.8. The van der Waals surface area contributed by atoms with Gasteiger partial charge in [-0.15, -0.1) is 0 Å². The van der Waals surface area contributed by atoms with Crippen LogP contribution in [0.25, 0.3) is 0 Å². The summed E-state index contributed by atoms with van der Waals surface area (Å²) in [5.41, 5.74) is 0. The molecule has 9 atom stereocenters. The third-order valence-corrected chi connectivity index (χ3v) is 11.5. The van der Waals surface area contributed by atoms with Crippen molar-refractivity contribution in [2.75, 3.05) is 13.2 Å². The second-order valence-electron chi connectivity index (χ2n) is 16.9. The molecule has 9 unspecified atom stereocenters. The van der Waals surface area contributed by atoms with Gasteiger partial charge in [0.1, 0.15) is 36.6 Å². The minimum absolute atomic E-state index is 0.243. The van der Waals surface area contributed by atoms with E-state index >= 15 is 0 Å². The zero-order valence-electron chi connectivity index (χ0n) is 36.8. The maximum Gasteiger partial charge on any atom is 0.249 e. The number of hydrogen-bond acceptors (Lipinski definition) is 10. The summed E-state index contributed by atoms with van der Waals surface area (Å²) < 4.78 is 11.1. The third kappa shape index (κ3) is 26.7. The Bertz CT molecular complexity index is 997. The molecule has 11 heteroatoms. The van der Waals surface area contributed by atoms with E-state index in [0.29, 0.717) is 19.3 Å². The Hall–Kier alpha value is -1.41. The first-order valence-electron chi connectivity index (χ1n) is 23.8. The summed E-state index contributed by atoms with van der Waals surface area (Å²) >= 11 is 0. The lowest BCUT2D eigenvalue weighted by atomic mass is 9.98. The van der Waals surface area contributed by atoms with E-state index in [2.05, 4.69) is 43.5 Å². The van der Waals surface area contributed by atoms with Gasteiger partial charge in [0.2, 0.25) is 5.91 Å². The molecule has 342 valence electrons. The van der Waals surface area contributed by atoms with E-state index in [4.69, 9.17) is 9.47 Å². The number of ether oxygens (including phenoxy) is 2. The summed E-state index contributed by atoms with van der Waals surface area (Å²) in [5, 5.41) is 75.7. The number of carbonyl (C=O) groups is 1. The average Bonchev–Trinajstić information content (AvgIpc) is 3.22. The summed E-state index contributed by atoms with van der Waals surface area (Å²) in [4.78, 5) is 13.1. The van der Waals surface area contributed by atoms with E-state index in [1.54, 1.807) is 0 Å². The highest BCUT2D eigenvalue weighted by Crippen LogP contribution is 2.23. The Morgan fingerprint density at radius 3 is 1.53 bits per heavy atom. The molecule has 1 saturated heterocycles. The Labute approximate surface area is 353 Å². The van der Waals surface area contributed by atoms with Crippen molar-refractivity contribution in [1.29, 1.82) is 0 Å². The average molecular weight is 828 g/mol. The minimum atomic E-state index is -1.66. The normalized spacial score (nSPS) is 22.1. The highest BCUT2D eigenvalue weighted by molar-refractivity contribution is 5.80. The molecule has 58 heavy (non-hydrogen) atoms. The zero-order chi connectivity index (χ0) is 42.6. The summed E-state index contributed by atoms with van der Waals surface area (Å²) in [7, 11) is 0. The second-order valence-corrected chi connectivity index (χ2v) is 16.9. The Morgan fingerprint density at radius 1 is 0.603 bits per heavy atom. The molecule has 8 N–H and O–H groups in total. The lowest BCUT2D eigenvalue weighted by Crippen LogP contribution is -2.60. The summed E-state index contributed by atoms with van der Waals surface area (Å²) in [6.45, 7) is 3.40. The van der Waals surface area contributed by atoms with Gasteiger partial charge in [-0.2, -0.15) is 0 Å². The maximum absolute atomic E-state index is 13.1. The molecule has 0 radical (unpaired) electrons. The highest BCUT2D eigenvalue weighted by Gasteiger charge is 2.44. The summed E-state index contributed by atoms with van der Waals surface area (Å²) in [6.07, 6.45) is 29.3. The lowest BCUT2D eigenvalue weighted by molar-refractivity contribution is -0.303. The van der Waals surface area contributed by atoms with Crippen molar-refractivity contribution in [2.45, 2.75) is 255 Å². The molecule has 1 rings (SSSR count). The molecule has 0 bridgehead atoms. The minimum Gasteiger partial charge on any atom is -0.394 e. The molecular weight excluding hydrogens is 739 g/mol. The number of hydrogen-bond donors (Lipinski definition) is 8. The van der Waals surface area contributed by atoms with E-state index in [0.717, 1.165) is 57.8 Å². The van der Waals surface area contributed by atoms with Crippen molar-refractivity contribution >= 4 is 5.91 Å². The number of nitrogens with one attached hydrogen (secondary N) is 1. The van der Waals surface area contributed by atoms with E-state index < -0.39 is 74.2 Å². The van der Waals surface area contributed by atoms with Gasteiger partial charge in [0.25, 0.3) is 0 Å². The van der Waals surface area contributed by atoms with E-state index in [9.17, 15) is 40.5 Å². The van der Waals surface area contributed by atoms with Crippen LogP contribution < -0.4 is 5.32 Å². The standard InChI is InChI=1S/C47H89NO10/c1-3-5-7-9-11-13-15-17-19-20-21-23-24-26-28-30-32-34-39(50)42(52)38(37-57-47-45(55)44(54)43(53)41(36-49)58-47)48-46(56)40(51)35-33-31-29-27-25-22-18-16-14-12-10-8-6-4-2/h12,14,16,18,38-45,47,49-55H,3-11,13,15,17,19-37H2,1-2H3,(H,48,56)/b14-12-,18-16-. The first-order valence-corrected chi connectivity index (χ1v) is 23.8. The van der Waals surface area contributed by atoms with E-state index in [-0.39, 0.29) is 6.42 Å². The Balaban J connectivity index is 2.45. The maximum atomic E-state index is 13.1. The van der Waals surface area contributed by atoms with Crippen molar-refractivity contribution in [1.82, 2.24) is 5.32 Å². The van der Waals surface area contributed by atoms with Crippen LogP contribution in [0.3, 0.4) is 0 Å². The quantitative estimate of drug-likeness (QED) is 0.0224. The van der Waals surface area contributed by atoms with Gasteiger partial charge < -0.3 is 50.5 Å². The molecule has 0 aromatic heterocycles. The largest absolute Gasteiger partial charge is 0.394 e. The number of allylic oxidation sites excluding steroid dienone is 4. The van der Waals surface area contributed by atoms with Crippen LogP contribution in [0, 0.1) is 0 Å². The van der Waals surface area contributed by atoms with Crippen molar-refractivity contribution in [3.05, 3.63) is 24.3 Å². The number of carbonyl (C=O) groups excluding carboxylic acids is 1.